The number of halogens is 3. The van der Waals surface area contributed by atoms with Crippen LogP contribution < -0.4 is 20.7 Å². The molecule has 1 fully saturated rings. The number of aldehydes is 1. The van der Waals surface area contributed by atoms with E-state index in [1.165, 1.54) is 23.7 Å². The van der Waals surface area contributed by atoms with Crippen LogP contribution in [-0.4, -0.2) is 41.3 Å². The van der Waals surface area contributed by atoms with Gasteiger partial charge in [0.1, 0.15) is 16.3 Å². The van der Waals surface area contributed by atoms with E-state index in [-0.39, 0.29) is 46.0 Å². The summed E-state index contributed by atoms with van der Waals surface area (Å²) in [5.74, 6) is -0.553. The van der Waals surface area contributed by atoms with Gasteiger partial charge in [-0.05, 0) is 37.8 Å². The summed E-state index contributed by atoms with van der Waals surface area (Å²) < 4.78 is 60.5. The lowest BCUT2D eigenvalue weighted by Gasteiger charge is -2.22. The molecule has 13 heteroatoms. The highest BCUT2D eigenvalue weighted by Gasteiger charge is 2.31. The zero-order chi connectivity index (χ0) is 25.9. The number of aryl methyl sites for hydroxylation is 1. The Hall–Kier alpha value is -3.16. The molecule has 0 spiro atoms. The summed E-state index contributed by atoms with van der Waals surface area (Å²) in [6, 6.07) is 4.75. The van der Waals surface area contributed by atoms with Gasteiger partial charge < -0.3 is 18.9 Å². The zero-order valence-electron chi connectivity index (χ0n) is 19.2. The summed E-state index contributed by atoms with van der Waals surface area (Å²) >= 11 is 0.865. The minimum absolute atomic E-state index is 0.00803. The van der Waals surface area contributed by atoms with Gasteiger partial charge in [-0.15, -0.1) is 13.2 Å². The van der Waals surface area contributed by atoms with Crippen LogP contribution in [0.5, 0.6) is 16.6 Å². The second-order valence-corrected chi connectivity index (χ2v) is 9.01. The van der Waals surface area contributed by atoms with Crippen LogP contribution in [0.15, 0.2) is 33.9 Å². The third kappa shape index (κ3) is 5.79. The first-order valence-electron chi connectivity index (χ1n) is 11.2. The fraction of sp³-hybridized carbons (Fsp3) is 0.435. The Morgan fingerprint density at radius 2 is 2.00 bits per heavy atom. The maximum atomic E-state index is 13.2. The van der Waals surface area contributed by atoms with Gasteiger partial charge in [-0.25, -0.2) is 4.79 Å². The maximum Gasteiger partial charge on any atom is 0.573 e. The predicted octanol–water partition coefficient (Wildman–Crippen LogP) is 4.20. The summed E-state index contributed by atoms with van der Waals surface area (Å²) in [6.45, 7) is 0.987. The molecule has 3 aromatic rings. The van der Waals surface area contributed by atoms with E-state index < -0.39 is 23.4 Å². The number of nitrogens with zero attached hydrogens (tertiary/aromatic N) is 2. The van der Waals surface area contributed by atoms with Crippen molar-refractivity contribution in [3.63, 3.8) is 0 Å². The van der Waals surface area contributed by atoms with Crippen LogP contribution in [0, 0.1) is 0 Å². The third-order valence-corrected chi connectivity index (χ3v) is 6.67. The Bertz CT molecular complexity index is 1360. The van der Waals surface area contributed by atoms with Crippen LogP contribution >= 0.6 is 11.3 Å². The molecule has 4 rings (SSSR count). The second kappa shape index (κ2) is 10.8. The first-order chi connectivity index (χ1) is 17.2. The molecule has 3 heterocycles. The minimum Gasteiger partial charge on any atom is -0.446 e. The van der Waals surface area contributed by atoms with E-state index in [2.05, 4.69) is 4.74 Å². The van der Waals surface area contributed by atoms with Crippen molar-refractivity contribution in [2.24, 2.45) is 7.05 Å². The molecule has 1 aliphatic rings. The number of alkyl halides is 3. The summed E-state index contributed by atoms with van der Waals surface area (Å²) in [7, 11) is 1.46. The molecule has 0 radical (unpaired) electrons. The van der Waals surface area contributed by atoms with Gasteiger partial charge >= 0.3 is 12.1 Å². The van der Waals surface area contributed by atoms with Crippen molar-refractivity contribution in [1.29, 1.82) is 0 Å². The number of hydrogen-bond acceptors (Lipinski definition) is 8. The van der Waals surface area contributed by atoms with Crippen LogP contribution in [0.2, 0.25) is 0 Å². The van der Waals surface area contributed by atoms with Crippen LogP contribution in [0.25, 0.3) is 10.2 Å². The molecule has 194 valence electrons. The highest BCUT2D eigenvalue weighted by Crippen LogP contribution is 2.38. The van der Waals surface area contributed by atoms with Crippen molar-refractivity contribution < 1.29 is 36.9 Å². The number of aromatic nitrogens is 2. The number of fused-ring (bicyclic) bond motifs is 1. The van der Waals surface area contributed by atoms with Crippen molar-refractivity contribution in [2.75, 3.05) is 13.2 Å². The molecule has 1 aliphatic heterocycles. The second-order valence-electron chi connectivity index (χ2n) is 8.04. The zero-order valence-corrected chi connectivity index (χ0v) is 20.0. The highest BCUT2D eigenvalue weighted by atomic mass is 32.1. The Morgan fingerprint density at radius 3 is 2.69 bits per heavy atom. The standard InChI is InChI=1S/C23H23F3N2O7S/c1-27-20-18(19(30)28(22(27)31)9-5-11-33-17-8-2-3-10-32-17)16(13-29)21(36-20)34-14-6-4-7-15(12-14)35-23(24,25)26/h4,6-7,12-13,17H,2-3,5,8-11H2,1H3. The van der Waals surface area contributed by atoms with Gasteiger partial charge in [0, 0.05) is 26.3 Å². The molecule has 1 atom stereocenters. The fourth-order valence-corrected chi connectivity index (χ4v) is 4.93. The van der Waals surface area contributed by atoms with E-state index in [4.69, 9.17) is 14.2 Å². The van der Waals surface area contributed by atoms with E-state index in [1.807, 2.05) is 0 Å². The summed E-state index contributed by atoms with van der Waals surface area (Å²) in [5.41, 5.74) is -1.34. The lowest BCUT2D eigenvalue weighted by molar-refractivity contribution is -0.274. The number of ether oxygens (including phenoxy) is 4. The molecule has 0 aliphatic carbocycles. The summed E-state index contributed by atoms with van der Waals surface area (Å²) in [4.78, 5) is 38.2. The number of hydrogen-bond donors (Lipinski definition) is 0. The smallest absolute Gasteiger partial charge is 0.446 e. The van der Waals surface area contributed by atoms with Crippen molar-refractivity contribution in [3.05, 3.63) is 50.7 Å². The van der Waals surface area contributed by atoms with Gasteiger partial charge in [0.2, 0.25) is 0 Å². The molecule has 36 heavy (non-hydrogen) atoms. The molecule has 1 aromatic carbocycles. The molecule has 0 bridgehead atoms. The predicted molar refractivity (Wildman–Crippen MR) is 124 cm³/mol. The number of carbonyl (C=O) groups excluding carboxylic acids is 1. The van der Waals surface area contributed by atoms with Crippen LogP contribution in [0.4, 0.5) is 13.2 Å². The average Bonchev–Trinajstić information content (AvgIpc) is 3.20. The largest absolute Gasteiger partial charge is 0.573 e. The first kappa shape index (κ1) is 25.9. The van der Waals surface area contributed by atoms with Gasteiger partial charge in [-0.1, -0.05) is 17.4 Å². The molecule has 1 unspecified atom stereocenters. The topological polar surface area (TPSA) is 98.0 Å². The van der Waals surface area contributed by atoms with Crippen LogP contribution in [0.3, 0.4) is 0 Å². The Kier molecular flexibility index (Phi) is 7.81. The van der Waals surface area contributed by atoms with Crippen LogP contribution in [-0.2, 0) is 23.1 Å². The van der Waals surface area contributed by atoms with Gasteiger partial charge in [0.05, 0.1) is 17.6 Å². The van der Waals surface area contributed by atoms with E-state index >= 15 is 0 Å². The van der Waals surface area contributed by atoms with Crippen molar-refractivity contribution in [1.82, 2.24) is 9.13 Å². The number of benzene rings is 1. The molecular weight excluding hydrogens is 505 g/mol. The highest BCUT2D eigenvalue weighted by molar-refractivity contribution is 7.20. The lowest BCUT2D eigenvalue weighted by atomic mass is 10.2. The monoisotopic (exact) mass is 528 g/mol. The Morgan fingerprint density at radius 1 is 1.22 bits per heavy atom. The number of rotatable bonds is 9. The SMILES string of the molecule is Cn1c(=O)n(CCCOC2CCCCO2)c(=O)c2c(C=O)c(Oc3cccc(OC(F)(F)F)c3)sc21. The minimum atomic E-state index is -4.89. The third-order valence-electron chi connectivity index (χ3n) is 5.51. The summed E-state index contributed by atoms with van der Waals surface area (Å²) in [5, 5.41) is -0.0434. The molecule has 0 N–H and O–H groups in total. The van der Waals surface area contributed by atoms with Crippen molar-refractivity contribution >= 4 is 27.8 Å². The van der Waals surface area contributed by atoms with Gasteiger partial charge in [0.25, 0.3) is 5.56 Å². The average molecular weight is 529 g/mol. The lowest BCUT2D eigenvalue weighted by Crippen LogP contribution is -2.39. The molecular formula is C23H23F3N2O7S. The van der Waals surface area contributed by atoms with Crippen LogP contribution in [0.1, 0.15) is 36.0 Å². The quantitative estimate of drug-likeness (QED) is 0.303. The van der Waals surface area contributed by atoms with Gasteiger partial charge in [-0.3, -0.25) is 18.7 Å². The normalized spacial score (nSPS) is 16.3. The Labute approximate surface area is 206 Å². The molecule has 0 amide bonds. The Balaban J connectivity index is 1.59. The van der Waals surface area contributed by atoms with Crippen molar-refractivity contribution in [2.45, 2.75) is 44.9 Å². The van der Waals surface area contributed by atoms with E-state index in [9.17, 15) is 27.6 Å². The number of thiophene rings is 1. The van der Waals surface area contributed by atoms with E-state index in [0.29, 0.717) is 19.3 Å². The van der Waals surface area contributed by atoms with Gasteiger partial charge in [0.15, 0.2) is 17.6 Å². The van der Waals surface area contributed by atoms with Crippen molar-refractivity contribution in [3.8, 4) is 16.6 Å². The first-order valence-corrected chi connectivity index (χ1v) is 12.0. The van der Waals surface area contributed by atoms with Gasteiger partial charge in [-0.2, -0.15) is 0 Å². The molecule has 9 nitrogen and oxygen atoms in total. The molecule has 0 saturated carbocycles. The summed E-state index contributed by atoms with van der Waals surface area (Å²) in [6.07, 6.45) is -1.59. The molecule has 2 aromatic heterocycles. The maximum absolute atomic E-state index is 13.2. The number of carbonyl (C=O) groups is 1. The van der Waals surface area contributed by atoms with E-state index in [1.54, 1.807) is 0 Å². The van der Waals surface area contributed by atoms with E-state index in [0.717, 1.165) is 47.3 Å². The fourth-order valence-electron chi connectivity index (χ4n) is 3.85. The molecule has 1 saturated heterocycles.